The highest BCUT2D eigenvalue weighted by Gasteiger charge is 2.52. The number of allylic oxidation sites excluding steroid dienone is 2. The molecule has 3 amide bonds. The van der Waals surface area contributed by atoms with Gasteiger partial charge in [-0.15, -0.1) is 0 Å². The first-order chi connectivity index (χ1) is 15.8. The predicted octanol–water partition coefficient (Wildman–Crippen LogP) is 3.17. The summed E-state index contributed by atoms with van der Waals surface area (Å²) in [6, 6.07) is 11.9. The van der Waals surface area contributed by atoms with Crippen LogP contribution in [0, 0.1) is 22.0 Å². The van der Waals surface area contributed by atoms with Crippen molar-refractivity contribution in [2.45, 2.75) is 25.8 Å². The summed E-state index contributed by atoms with van der Waals surface area (Å²) in [5.74, 6) is -3.45. The van der Waals surface area contributed by atoms with Crippen LogP contribution in [0.15, 0.2) is 66.7 Å². The van der Waals surface area contributed by atoms with E-state index in [2.05, 4.69) is 0 Å². The number of carbonyl (C=O) groups excluding carboxylic acids is 4. The van der Waals surface area contributed by atoms with Gasteiger partial charge in [-0.1, -0.05) is 42.5 Å². The van der Waals surface area contributed by atoms with E-state index in [1.54, 1.807) is 30.3 Å². The maximum absolute atomic E-state index is 13.5. The van der Waals surface area contributed by atoms with Crippen LogP contribution >= 0.6 is 0 Å². The van der Waals surface area contributed by atoms with E-state index >= 15 is 0 Å². The minimum atomic E-state index is -1.17. The average Bonchev–Trinajstić information content (AvgIpc) is 3.09. The van der Waals surface area contributed by atoms with Crippen molar-refractivity contribution in [3.8, 4) is 0 Å². The molecule has 9 nitrogen and oxygen atoms in total. The molecule has 2 aromatic rings. The molecule has 1 aliphatic carbocycles. The van der Waals surface area contributed by atoms with Gasteiger partial charge in [-0.25, -0.2) is 5.01 Å². The minimum Gasteiger partial charge on any atom is -0.292 e. The highest BCUT2D eigenvalue weighted by Crippen LogP contribution is 2.37. The maximum atomic E-state index is 13.5. The molecule has 0 N–H and O–H groups in total. The Hall–Kier alpha value is -4.14. The number of non-ortho nitro benzene ring substituents is 1. The fourth-order valence-electron chi connectivity index (χ4n) is 4.25. The van der Waals surface area contributed by atoms with Gasteiger partial charge in [-0.05, 0) is 31.9 Å². The monoisotopic (exact) mass is 447 g/mol. The number of nitrogens with zero attached hydrogens (tertiary/aromatic N) is 3. The van der Waals surface area contributed by atoms with Crippen LogP contribution < -0.4 is 0 Å². The zero-order valence-corrected chi connectivity index (χ0v) is 17.8. The highest BCUT2D eigenvalue weighted by atomic mass is 16.6. The Morgan fingerprint density at radius 2 is 1.48 bits per heavy atom. The molecule has 0 unspecified atom stereocenters. The molecule has 0 aromatic heterocycles. The third kappa shape index (κ3) is 3.93. The lowest BCUT2D eigenvalue weighted by molar-refractivity contribution is -0.384. The molecule has 2 aliphatic rings. The first-order valence-electron chi connectivity index (χ1n) is 10.5. The maximum Gasteiger partial charge on any atom is 0.273 e. The third-order valence-corrected chi connectivity index (χ3v) is 6.04. The average molecular weight is 447 g/mol. The van der Waals surface area contributed by atoms with Crippen molar-refractivity contribution in [1.29, 1.82) is 0 Å². The van der Waals surface area contributed by atoms with Gasteiger partial charge < -0.3 is 0 Å². The second-order valence-electron chi connectivity index (χ2n) is 8.00. The van der Waals surface area contributed by atoms with Gasteiger partial charge in [0, 0.05) is 23.3 Å². The summed E-state index contributed by atoms with van der Waals surface area (Å²) in [5.41, 5.74) is 0.128. The number of carbonyl (C=O) groups is 4. The number of ketones is 1. The molecule has 1 saturated heterocycles. The SMILES string of the molecule is C[C@H](C(=O)c1ccccc1)N(C(=O)c1ccc([N+](=O)[O-])cc1)N1C(=O)[C@H]2CC=CC[C@H]2C1=O. The van der Waals surface area contributed by atoms with Crippen molar-refractivity contribution < 1.29 is 24.1 Å². The van der Waals surface area contributed by atoms with Crippen LogP contribution in [0.1, 0.15) is 40.5 Å². The fraction of sp³-hybridized carbons (Fsp3) is 0.250. The molecule has 0 saturated carbocycles. The standard InChI is InChI=1S/C24H21N3O6/c1-15(21(28)16-7-3-2-4-8-16)25(22(29)17-11-13-18(14-12-17)27(32)33)26-23(30)19-9-5-6-10-20(19)24(26)31/h2-8,11-15,19-20H,9-10H2,1H3/t15-,19-,20+/m1/s1. The molecule has 168 valence electrons. The van der Waals surface area contributed by atoms with Crippen molar-refractivity contribution in [3.05, 3.63) is 88.0 Å². The Labute approximate surface area is 189 Å². The Morgan fingerprint density at radius 3 is 2.00 bits per heavy atom. The Morgan fingerprint density at radius 1 is 0.939 bits per heavy atom. The number of amides is 3. The summed E-state index contributed by atoms with van der Waals surface area (Å²) in [7, 11) is 0. The summed E-state index contributed by atoms with van der Waals surface area (Å²) in [6.45, 7) is 1.46. The topological polar surface area (TPSA) is 118 Å². The van der Waals surface area contributed by atoms with E-state index in [0.29, 0.717) is 18.4 Å². The lowest BCUT2D eigenvalue weighted by Crippen LogP contribution is -2.56. The quantitative estimate of drug-likeness (QED) is 0.221. The zero-order valence-electron chi connectivity index (χ0n) is 17.8. The molecule has 0 spiro atoms. The number of nitro groups is 1. The van der Waals surface area contributed by atoms with E-state index in [1.807, 2.05) is 12.2 Å². The van der Waals surface area contributed by atoms with Crippen LogP contribution in [0.2, 0.25) is 0 Å². The number of benzene rings is 2. The minimum absolute atomic E-state index is 0.0157. The van der Waals surface area contributed by atoms with Gasteiger partial charge in [0.1, 0.15) is 6.04 Å². The molecule has 3 atom stereocenters. The lowest BCUT2D eigenvalue weighted by Gasteiger charge is -2.34. The highest BCUT2D eigenvalue weighted by molar-refractivity contribution is 6.10. The predicted molar refractivity (Wildman–Crippen MR) is 117 cm³/mol. The lowest BCUT2D eigenvalue weighted by atomic mass is 9.85. The van der Waals surface area contributed by atoms with Gasteiger partial charge in [0.05, 0.1) is 16.8 Å². The van der Waals surface area contributed by atoms with Crippen LogP contribution in [0.5, 0.6) is 0 Å². The number of rotatable bonds is 6. The van der Waals surface area contributed by atoms with E-state index in [-0.39, 0.29) is 11.3 Å². The van der Waals surface area contributed by atoms with E-state index in [1.165, 1.54) is 19.1 Å². The smallest absolute Gasteiger partial charge is 0.273 e. The van der Waals surface area contributed by atoms with Crippen LogP contribution in [0.4, 0.5) is 5.69 Å². The molecule has 9 heteroatoms. The van der Waals surface area contributed by atoms with Gasteiger partial charge in [0.25, 0.3) is 23.4 Å². The van der Waals surface area contributed by atoms with Crippen molar-refractivity contribution in [3.63, 3.8) is 0 Å². The van der Waals surface area contributed by atoms with E-state index in [0.717, 1.165) is 22.2 Å². The fourth-order valence-corrected chi connectivity index (χ4v) is 4.25. The van der Waals surface area contributed by atoms with Crippen LogP contribution in [0.3, 0.4) is 0 Å². The van der Waals surface area contributed by atoms with Crippen LogP contribution in [-0.2, 0) is 9.59 Å². The molecule has 1 heterocycles. The normalized spacial score (nSPS) is 20.3. The molecular formula is C24H21N3O6. The first kappa shape index (κ1) is 22.1. The largest absolute Gasteiger partial charge is 0.292 e. The number of imide groups is 1. The first-order valence-corrected chi connectivity index (χ1v) is 10.5. The van der Waals surface area contributed by atoms with Gasteiger partial charge in [0.2, 0.25) is 0 Å². The van der Waals surface area contributed by atoms with E-state index < -0.39 is 46.3 Å². The molecule has 1 aliphatic heterocycles. The molecule has 2 aromatic carbocycles. The summed E-state index contributed by atoms with van der Waals surface area (Å²) >= 11 is 0. The number of nitro benzene ring substituents is 1. The summed E-state index contributed by atoms with van der Waals surface area (Å²) in [4.78, 5) is 63.5. The Kier molecular flexibility index (Phi) is 5.87. The van der Waals surface area contributed by atoms with E-state index in [9.17, 15) is 29.3 Å². The number of hydrogen-bond donors (Lipinski definition) is 0. The molecule has 33 heavy (non-hydrogen) atoms. The summed E-state index contributed by atoms with van der Waals surface area (Å²) in [6.07, 6.45) is 4.42. The third-order valence-electron chi connectivity index (χ3n) is 6.04. The Balaban J connectivity index is 1.74. The van der Waals surface area contributed by atoms with Gasteiger partial charge in [0.15, 0.2) is 5.78 Å². The number of fused-ring (bicyclic) bond motifs is 1. The molecule has 0 radical (unpaired) electrons. The number of hydrogen-bond acceptors (Lipinski definition) is 6. The van der Waals surface area contributed by atoms with Crippen molar-refractivity contribution in [2.24, 2.45) is 11.8 Å². The van der Waals surface area contributed by atoms with Gasteiger partial charge >= 0.3 is 0 Å². The molecule has 4 rings (SSSR count). The number of Topliss-reactive ketones (excluding diaryl/α,β-unsaturated/α-hetero) is 1. The van der Waals surface area contributed by atoms with Crippen LogP contribution in [-0.4, -0.2) is 44.5 Å². The van der Waals surface area contributed by atoms with Gasteiger partial charge in [-0.2, -0.15) is 5.01 Å². The summed E-state index contributed by atoms with van der Waals surface area (Å²) in [5, 5.41) is 12.7. The second-order valence-corrected chi connectivity index (χ2v) is 8.00. The molecular weight excluding hydrogens is 426 g/mol. The van der Waals surface area contributed by atoms with Crippen molar-refractivity contribution in [1.82, 2.24) is 10.0 Å². The zero-order chi connectivity index (χ0) is 23.7. The number of hydrazine groups is 1. The Bertz CT molecular complexity index is 1130. The van der Waals surface area contributed by atoms with Crippen LogP contribution in [0.25, 0.3) is 0 Å². The van der Waals surface area contributed by atoms with E-state index in [4.69, 9.17) is 0 Å². The molecule has 0 bridgehead atoms. The summed E-state index contributed by atoms with van der Waals surface area (Å²) < 4.78 is 0. The second kappa shape index (κ2) is 8.78. The van der Waals surface area contributed by atoms with Crippen molar-refractivity contribution in [2.75, 3.05) is 0 Å². The van der Waals surface area contributed by atoms with Crippen molar-refractivity contribution >= 4 is 29.2 Å². The van der Waals surface area contributed by atoms with Gasteiger partial charge in [-0.3, -0.25) is 29.3 Å². The molecule has 1 fully saturated rings.